The van der Waals surface area contributed by atoms with Crippen LogP contribution in [0.4, 0.5) is 11.4 Å². The topological polar surface area (TPSA) is 87.3 Å². The SMILES string of the molecule is COc1ccc(NCCC(=O)Nc2cc(OC)c(OC)c(OC)c2)cc1OC. The minimum atomic E-state index is -0.151. The Balaban J connectivity index is 1.96. The first-order valence-electron chi connectivity index (χ1n) is 8.62. The molecule has 2 aromatic rings. The average Bonchev–Trinajstić information content (AvgIpc) is 2.72. The molecular weight excluding hydrogens is 364 g/mol. The Kier molecular flexibility index (Phi) is 7.62. The van der Waals surface area contributed by atoms with Crippen LogP contribution in [-0.2, 0) is 4.79 Å². The predicted molar refractivity (Wildman–Crippen MR) is 107 cm³/mol. The summed E-state index contributed by atoms with van der Waals surface area (Å²) in [5.74, 6) is 2.53. The van der Waals surface area contributed by atoms with E-state index >= 15 is 0 Å². The van der Waals surface area contributed by atoms with Crippen molar-refractivity contribution in [2.45, 2.75) is 6.42 Å². The van der Waals surface area contributed by atoms with Crippen LogP contribution < -0.4 is 34.3 Å². The summed E-state index contributed by atoms with van der Waals surface area (Å²) in [6.45, 7) is 0.450. The molecule has 0 unspecified atom stereocenters. The number of ether oxygens (including phenoxy) is 5. The van der Waals surface area contributed by atoms with Crippen molar-refractivity contribution in [1.29, 1.82) is 0 Å². The highest BCUT2D eigenvalue weighted by molar-refractivity contribution is 5.91. The van der Waals surface area contributed by atoms with Crippen LogP contribution in [0.25, 0.3) is 0 Å². The molecule has 0 fully saturated rings. The zero-order valence-electron chi connectivity index (χ0n) is 16.8. The number of hydrogen-bond donors (Lipinski definition) is 2. The predicted octanol–water partition coefficient (Wildman–Crippen LogP) is 3.17. The molecule has 2 rings (SSSR count). The van der Waals surface area contributed by atoms with E-state index in [2.05, 4.69) is 10.6 Å². The fraction of sp³-hybridized carbons (Fsp3) is 0.350. The van der Waals surface area contributed by atoms with Crippen LogP contribution in [0.3, 0.4) is 0 Å². The molecule has 0 spiro atoms. The van der Waals surface area contributed by atoms with Gasteiger partial charge in [-0.3, -0.25) is 4.79 Å². The molecule has 2 N–H and O–H groups in total. The van der Waals surface area contributed by atoms with Gasteiger partial charge in [-0.15, -0.1) is 0 Å². The highest BCUT2D eigenvalue weighted by Gasteiger charge is 2.14. The van der Waals surface area contributed by atoms with Crippen LogP contribution in [-0.4, -0.2) is 48.0 Å². The molecule has 0 heterocycles. The zero-order chi connectivity index (χ0) is 20.5. The first-order valence-corrected chi connectivity index (χ1v) is 8.62. The molecule has 0 bridgehead atoms. The molecule has 0 aliphatic carbocycles. The van der Waals surface area contributed by atoms with Crippen molar-refractivity contribution in [1.82, 2.24) is 0 Å². The molecule has 0 atom stereocenters. The van der Waals surface area contributed by atoms with Gasteiger partial charge in [-0.2, -0.15) is 0 Å². The monoisotopic (exact) mass is 390 g/mol. The molecule has 0 saturated heterocycles. The maximum Gasteiger partial charge on any atom is 0.226 e. The number of benzene rings is 2. The summed E-state index contributed by atoms with van der Waals surface area (Å²) in [5, 5.41) is 6.02. The summed E-state index contributed by atoms with van der Waals surface area (Å²) in [5.41, 5.74) is 1.39. The zero-order valence-corrected chi connectivity index (χ0v) is 16.8. The van der Waals surface area contributed by atoms with Gasteiger partial charge in [-0.25, -0.2) is 0 Å². The lowest BCUT2D eigenvalue weighted by Crippen LogP contribution is -2.16. The second-order valence-electron chi connectivity index (χ2n) is 5.71. The minimum absolute atomic E-state index is 0.151. The second-order valence-corrected chi connectivity index (χ2v) is 5.71. The molecule has 152 valence electrons. The minimum Gasteiger partial charge on any atom is -0.493 e. The van der Waals surface area contributed by atoms with Gasteiger partial charge in [0.15, 0.2) is 23.0 Å². The van der Waals surface area contributed by atoms with Gasteiger partial charge in [0, 0.05) is 42.5 Å². The van der Waals surface area contributed by atoms with E-state index in [4.69, 9.17) is 23.7 Å². The fourth-order valence-corrected chi connectivity index (χ4v) is 2.64. The highest BCUT2D eigenvalue weighted by Crippen LogP contribution is 2.40. The normalized spacial score (nSPS) is 10.0. The molecule has 0 aliphatic heterocycles. The molecule has 2 aromatic carbocycles. The molecule has 1 amide bonds. The highest BCUT2D eigenvalue weighted by atomic mass is 16.5. The Morgan fingerprint density at radius 2 is 1.32 bits per heavy atom. The van der Waals surface area contributed by atoms with E-state index in [1.165, 1.54) is 21.3 Å². The first kappa shape index (κ1) is 21.0. The summed E-state index contributed by atoms with van der Waals surface area (Å²) in [6, 6.07) is 8.84. The van der Waals surface area contributed by atoms with Crippen LogP contribution in [0.5, 0.6) is 28.7 Å². The Bertz CT molecular complexity index is 784. The standard InChI is InChI=1S/C20H26N2O6/c1-24-15-7-6-13(10-16(15)25-2)21-9-8-19(23)22-14-11-17(26-3)20(28-5)18(12-14)27-4/h6-7,10-12,21H,8-9H2,1-5H3,(H,22,23). The smallest absolute Gasteiger partial charge is 0.226 e. The van der Waals surface area contributed by atoms with E-state index in [9.17, 15) is 4.79 Å². The van der Waals surface area contributed by atoms with Crippen LogP contribution >= 0.6 is 0 Å². The summed E-state index contributed by atoms with van der Waals surface area (Å²) in [6.07, 6.45) is 0.269. The van der Waals surface area contributed by atoms with E-state index in [1.807, 2.05) is 12.1 Å². The van der Waals surface area contributed by atoms with Crippen molar-refractivity contribution in [2.24, 2.45) is 0 Å². The number of amides is 1. The largest absolute Gasteiger partial charge is 0.493 e. The summed E-state index contributed by atoms with van der Waals surface area (Å²) in [7, 11) is 7.73. The molecule has 0 saturated carbocycles. The molecule has 0 aromatic heterocycles. The lowest BCUT2D eigenvalue weighted by molar-refractivity contribution is -0.115. The number of carbonyl (C=O) groups is 1. The molecule has 8 nitrogen and oxygen atoms in total. The Hall–Kier alpha value is -3.29. The second kappa shape index (κ2) is 10.1. The van der Waals surface area contributed by atoms with Gasteiger partial charge in [-0.05, 0) is 12.1 Å². The van der Waals surface area contributed by atoms with Crippen LogP contribution in [0.1, 0.15) is 6.42 Å². The van der Waals surface area contributed by atoms with E-state index in [0.29, 0.717) is 41.0 Å². The number of rotatable bonds is 10. The summed E-state index contributed by atoms with van der Waals surface area (Å²) in [4.78, 5) is 12.3. The van der Waals surface area contributed by atoms with E-state index in [0.717, 1.165) is 5.69 Å². The van der Waals surface area contributed by atoms with Gasteiger partial charge in [0.2, 0.25) is 11.7 Å². The van der Waals surface area contributed by atoms with Crippen molar-refractivity contribution in [3.8, 4) is 28.7 Å². The van der Waals surface area contributed by atoms with Crippen molar-refractivity contribution in [3.63, 3.8) is 0 Å². The number of carbonyl (C=O) groups excluding carboxylic acids is 1. The molecular formula is C20H26N2O6. The number of methoxy groups -OCH3 is 5. The van der Waals surface area contributed by atoms with Crippen molar-refractivity contribution in [3.05, 3.63) is 30.3 Å². The lowest BCUT2D eigenvalue weighted by atomic mass is 10.2. The third-order valence-electron chi connectivity index (χ3n) is 4.01. The van der Waals surface area contributed by atoms with E-state index < -0.39 is 0 Å². The van der Waals surface area contributed by atoms with E-state index in [-0.39, 0.29) is 12.3 Å². The molecule has 28 heavy (non-hydrogen) atoms. The van der Waals surface area contributed by atoms with Gasteiger partial charge < -0.3 is 34.3 Å². The number of hydrogen-bond acceptors (Lipinski definition) is 7. The van der Waals surface area contributed by atoms with Crippen LogP contribution in [0.2, 0.25) is 0 Å². The first-order chi connectivity index (χ1) is 13.6. The third-order valence-corrected chi connectivity index (χ3v) is 4.01. The third kappa shape index (κ3) is 5.12. The lowest BCUT2D eigenvalue weighted by Gasteiger charge is -2.15. The Morgan fingerprint density at radius 3 is 1.86 bits per heavy atom. The number of nitrogens with one attached hydrogen (secondary N) is 2. The summed E-state index contributed by atoms with van der Waals surface area (Å²) >= 11 is 0. The Morgan fingerprint density at radius 1 is 0.750 bits per heavy atom. The summed E-state index contributed by atoms with van der Waals surface area (Å²) < 4.78 is 26.3. The molecule has 8 heteroatoms. The van der Waals surface area contributed by atoms with Gasteiger partial charge in [0.25, 0.3) is 0 Å². The average molecular weight is 390 g/mol. The molecule has 0 aliphatic rings. The van der Waals surface area contributed by atoms with Gasteiger partial charge >= 0.3 is 0 Å². The van der Waals surface area contributed by atoms with Gasteiger partial charge in [0.1, 0.15) is 0 Å². The maximum atomic E-state index is 12.3. The Labute approximate surface area is 164 Å². The van der Waals surface area contributed by atoms with Gasteiger partial charge in [0.05, 0.1) is 35.5 Å². The fourth-order valence-electron chi connectivity index (χ4n) is 2.64. The quantitative estimate of drug-likeness (QED) is 0.644. The maximum absolute atomic E-state index is 12.3. The van der Waals surface area contributed by atoms with Crippen molar-refractivity contribution < 1.29 is 28.5 Å². The van der Waals surface area contributed by atoms with Crippen LogP contribution in [0, 0.1) is 0 Å². The molecule has 0 radical (unpaired) electrons. The van der Waals surface area contributed by atoms with Crippen molar-refractivity contribution >= 4 is 17.3 Å². The number of anilines is 2. The van der Waals surface area contributed by atoms with E-state index in [1.54, 1.807) is 32.4 Å². The van der Waals surface area contributed by atoms with Gasteiger partial charge in [-0.1, -0.05) is 0 Å². The van der Waals surface area contributed by atoms with Crippen molar-refractivity contribution in [2.75, 3.05) is 52.7 Å². The van der Waals surface area contributed by atoms with Crippen LogP contribution in [0.15, 0.2) is 30.3 Å².